The standard InChI is InChI=1S/C15H18N4O4/c1-18-11(8-13(20)19(2)15(18)22)9-16-14(21)17-10-4-6-12(23-3)7-5-10/h4-8H,9H2,1-3H3,(H2,16,17,21). The van der Waals surface area contributed by atoms with Crippen molar-refractivity contribution in [1.29, 1.82) is 0 Å². The van der Waals surface area contributed by atoms with Crippen LogP contribution in [0.25, 0.3) is 0 Å². The van der Waals surface area contributed by atoms with Crippen LogP contribution < -0.4 is 26.6 Å². The van der Waals surface area contributed by atoms with Gasteiger partial charge in [0.05, 0.1) is 13.7 Å². The quantitative estimate of drug-likeness (QED) is 0.854. The Labute approximate surface area is 132 Å². The van der Waals surface area contributed by atoms with E-state index in [0.29, 0.717) is 17.1 Å². The third-order valence-corrected chi connectivity index (χ3v) is 3.40. The van der Waals surface area contributed by atoms with Crippen molar-refractivity contribution in [1.82, 2.24) is 14.5 Å². The molecular weight excluding hydrogens is 300 g/mol. The molecule has 0 bridgehead atoms. The third kappa shape index (κ3) is 3.79. The van der Waals surface area contributed by atoms with Crippen molar-refractivity contribution in [3.8, 4) is 5.75 Å². The lowest BCUT2D eigenvalue weighted by Crippen LogP contribution is -2.40. The first-order chi connectivity index (χ1) is 10.9. The summed E-state index contributed by atoms with van der Waals surface area (Å²) in [6.45, 7) is 0.0593. The number of methoxy groups -OCH3 is 1. The van der Waals surface area contributed by atoms with Gasteiger partial charge < -0.3 is 15.4 Å². The molecule has 2 rings (SSSR count). The Kier molecular flexibility index (Phi) is 4.85. The van der Waals surface area contributed by atoms with Gasteiger partial charge in [-0.3, -0.25) is 13.9 Å². The van der Waals surface area contributed by atoms with Gasteiger partial charge in [0.25, 0.3) is 5.56 Å². The molecule has 0 spiro atoms. The zero-order valence-electron chi connectivity index (χ0n) is 13.1. The second kappa shape index (κ2) is 6.82. The molecule has 0 radical (unpaired) electrons. The van der Waals surface area contributed by atoms with Gasteiger partial charge in [0.1, 0.15) is 5.75 Å². The average molecular weight is 318 g/mol. The first-order valence-electron chi connectivity index (χ1n) is 6.87. The van der Waals surface area contributed by atoms with Crippen LogP contribution in [0.3, 0.4) is 0 Å². The zero-order valence-corrected chi connectivity index (χ0v) is 13.1. The normalized spacial score (nSPS) is 10.2. The second-order valence-electron chi connectivity index (χ2n) is 4.91. The fourth-order valence-electron chi connectivity index (χ4n) is 1.97. The van der Waals surface area contributed by atoms with E-state index in [1.54, 1.807) is 38.4 Å². The Morgan fingerprint density at radius 2 is 1.78 bits per heavy atom. The van der Waals surface area contributed by atoms with Crippen LogP contribution in [-0.4, -0.2) is 22.3 Å². The van der Waals surface area contributed by atoms with Gasteiger partial charge in [-0.25, -0.2) is 9.59 Å². The highest BCUT2D eigenvalue weighted by atomic mass is 16.5. The van der Waals surface area contributed by atoms with Gasteiger partial charge in [0.2, 0.25) is 0 Å². The molecule has 2 N–H and O–H groups in total. The molecule has 0 saturated heterocycles. The van der Waals surface area contributed by atoms with Crippen LogP contribution in [-0.2, 0) is 20.6 Å². The molecule has 2 amide bonds. The Hall–Kier alpha value is -3.03. The van der Waals surface area contributed by atoms with Gasteiger partial charge in [-0.05, 0) is 24.3 Å². The summed E-state index contributed by atoms with van der Waals surface area (Å²) in [6, 6.07) is 7.72. The molecule has 1 heterocycles. The number of benzene rings is 1. The van der Waals surface area contributed by atoms with E-state index >= 15 is 0 Å². The van der Waals surface area contributed by atoms with Gasteiger partial charge >= 0.3 is 11.7 Å². The van der Waals surface area contributed by atoms with Crippen LogP contribution in [0, 0.1) is 0 Å². The lowest BCUT2D eigenvalue weighted by Gasteiger charge is -2.11. The maximum Gasteiger partial charge on any atom is 0.330 e. The van der Waals surface area contributed by atoms with E-state index in [9.17, 15) is 14.4 Å². The summed E-state index contributed by atoms with van der Waals surface area (Å²) >= 11 is 0. The SMILES string of the molecule is COc1ccc(NC(=O)NCc2cc(=O)n(C)c(=O)n2C)cc1. The zero-order chi connectivity index (χ0) is 17.0. The number of hydrogen-bond acceptors (Lipinski definition) is 4. The van der Waals surface area contributed by atoms with E-state index < -0.39 is 17.3 Å². The minimum atomic E-state index is -0.441. The molecule has 1 aromatic carbocycles. The molecule has 2 aromatic rings. The predicted octanol–water partition coefficient (Wildman–Crippen LogP) is 0.414. The minimum absolute atomic E-state index is 0.0593. The van der Waals surface area contributed by atoms with Crippen LogP contribution >= 0.6 is 0 Å². The van der Waals surface area contributed by atoms with E-state index in [1.807, 2.05) is 0 Å². The van der Waals surface area contributed by atoms with Crippen molar-refractivity contribution in [2.75, 3.05) is 12.4 Å². The van der Waals surface area contributed by atoms with Crippen LogP contribution in [0.15, 0.2) is 39.9 Å². The topological polar surface area (TPSA) is 94.4 Å². The number of hydrogen-bond donors (Lipinski definition) is 2. The van der Waals surface area contributed by atoms with Crippen molar-refractivity contribution in [3.63, 3.8) is 0 Å². The minimum Gasteiger partial charge on any atom is -0.497 e. The highest BCUT2D eigenvalue weighted by Gasteiger charge is 2.08. The molecule has 0 unspecified atom stereocenters. The molecule has 0 atom stereocenters. The molecule has 0 fully saturated rings. The molecule has 0 aliphatic carbocycles. The smallest absolute Gasteiger partial charge is 0.330 e. The number of aromatic nitrogens is 2. The van der Waals surface area contributed by atoms with Gasteiger partial charge in [-0.2, -0.15) is 0 Å². The molecule has 0 saturated carbocycles. The molecule has 122 valence electrons. The van der Waals surface area contributed by atoms with Crippen molar-refractivity contribution in [2.24, 2.45) is 14.1 Å². The van der Waals surface area contributed by atoms with E-state index in [1.165, 1.54) is 17.7 Å². The predicted molar refractivity (Wildman–Crippen MR) is 85.8 cm³/mol. The van der Waals surface area contributed by atoms with E-state index in [2.05, 4.69) is 10.6 Å². The number of carbonyl (C=O) groups is 1. The molecule has 0 aliphatic heterocycles. The summed E-state index contributed by atoms with van der Waals surface area (Å²) < 4.78 is 7.35. The number of ether oxygens (including phenoxy) is 1. The Morgan fingerprint density at radius 1 is 1.13 bits per heavy atom. The fraction of sp³-hybridized carbons (Fsp3) is 0.267. The van der Waals surface area contributed by atoms with Gasteiger partial charge in [-0.1, -0.05) is 0 Å². The summed E-state index contributed by atoms with van der Waals surface area (Å²) in [5.41, 5.74) is 0.162. The highest BCUT2D eigenvalue weighted by molar-refractivity contribution is 5.89. The van der Waals surface area contributed by atoms with E-state index in [4.69, 9.17) is 4.74 Å². The average Bonchev–Trinajstić information content (AvgIpc) is 2.55. The number of anilines is 1. The van der Waals surface area contributed by atoms with Crippen molar-refractivity contribution in [2.45, 2.75) is 6.54 Å². The van der Waals surface area contributed by atoms with Crippen molar-refractivity contribution in [3.05, 3.63) is 56.9 Å². The van der Waals surface area contributed by atoms with Crippen LogP contribution in [0.5, 0.6) is 5.75 Å². The molecule has 8 heteroatoms. The fourth-order valence-corrected chi connectivity index (χ4v) is 1.97. The Morgan fingerprint density at radius 3 is 2.39 bits per heavy atom. The van der Waals surface area contributed by atoms with Crippen LogP contribution in [0.2, 0.25) is 0 Å². The van der Waals surface area contributed by atoms with Crippen LogP contribution in [0.1, 0.15) is 5.69 Å². The maximum atomic E-state index is 11.9. The Balaban J connectivity index is 2.02. The summed E-state index contributed by atoms with van der Waals surface area (Å²) in [4.78, 5) is 35.3. The first kappa shape index (κ1) is 16.3. The van der Waals surface area contributed by atoms with Gasteiger partial charge in [-0.15, -0.1) is 0 Å². The highest BCUT2D eigenvalue weighted by Crippen LogP contribution is 2.14. The molecule has 23 heavy (non-hydrogen) atoms. The largest absolute Gasteiger partial charge is 0.497 e. The van der Waals surface area contributed by atoms with Crippen molar-refractivity contribution >= 4 is 11.7 Å². The summed E-state index contributed by atoms with van der Waals surface area (Å²) in [6.07, 6.45) is 0. The van der Waals surface area contributed by atoms with Crippen LogP contribution in [0.4, 0.5) is 10.5 Å². The third-order valence-electron chi connectivity index (χ3n) is 3.40. The molecule has 8 nitrogen and oxygen atoms in total. The number of carbonyl (C=O) groups excluding carboxylic acids is 1. The lowest BCUT2D eigenvalue weighted by atomic mass is 10.3. The maximum absolute atomic E-state index is 11.9. The lowest BCUT2D eigenvalue weighted by molar-refractivity contribution is 0.251. The summed E-state index contributed by atoms with van der Waals surface area (Å²) in [5, 5.41) is 5.25. The number of nitrogens with one attached hydrogen (secondary N) is 2. The van der Waals surface area contributed by atoms with Crippen molar-refractivity contribution < 1.29 is 9.53 Å². The van der Waals surface area contributed by atoms with E-state index in [-0.39, 0.29) is 6.54 Å². The second-order valence-corrected chi connectivity index (χ2v) is 4.91. The van der Waals surface area contributed by atoms with E-state index in [0.717, 1.165) is 4.57 Å². The monoisotopic (exact) mass is 318 g/mol. The molecular formula is C15H18N4O4. The Bertz CT molecular complexity index is 821. The molecule has 0 aliphatic rings. The number of nitrogens with zero attached hydrogens (tertiary/aromatic N) is 2. The van der Waals surface area contributed by atoms with Gasteiger partial charge in [0.15, 0.2) is 0 Å². The summed E-state index contributed by atoms with van der Waals surface area (Å²) in [7, 11) is 4.50. The number of amides is 2. The number of urea groups is 1. The molecule has 1 aromatic heterocycles. The summed E-state index contributed by atoms with van der Waals surface area (Å²) in [5.74, 6) is 0.686. The first-order valence-corrected chi connectivity index (χ1v) is 6.87. The van der Waals surface area contributed by atoms with Gasteiger partial charge in [0, 0.05) is 31.5 Å². The number of rotatable bonds is 4.